The zero-order valence-corrected chi connectivity index (χ0v) is 10.9. The highest BCUT2D eigenvalue weighted by atomic mass is 16.5. The van der Waals surface area contributed by atoms with Crippen LogP contribution in [0.3, 0.4) is 0 Å². The molecule has 3 nitrogen and oxygen atoms in total. The number of methoxy groups -OCH3 is 1. The number of aliphatic hydroxyl groups excluding tert-OH is 1. The fourth-order valence-electron chi connectivity index (χ4n) is 1.75. The molecule has 0 radical (unpaired) electrons. The van der Waals surface area contributed by atoms with Crippen LogP contribution in [0.5, 0.6) is 5.75 Å². The predicted octanol–water partition coefficient (Wildman–Crippen LogP) is 2.49. The summed E-state index contributed by atoms with van der Waals surface area (Å²) in [5, 5.41) is 10.0. The quantitative estimate of drug-likeness (QED) is 0.799. The van der Waals surface area contributed by atoms with Gasteiger partial charge in [0.05, 0.1) is 19.3 Å². The summed E-state index contributed by atoms with van der Waals surface area (Å²) in [4.78, 5) is 0. The molecule has 0 amide bonds. The minimum Gasteiger partial charge on any atom is -0.497 e. The summed E-state index contributed by atoms with van der Waals surface area (Å²) < 4.78 is 5.15. The lowest BCUT2D eigenvalue weighted by Crippen LogP contribution is -2.26. The van der Waals surface area contributed by atoms with Gasteiger partial charge in [-0.05, 0) is 36.5 Å². The standard InChI is InChI=1S/C14H23NO2/c1-10(2)7-8-13(16)14(15)11-5-4-6-12(9-11)17-3/h4-6,9-10,13-14,16H,7-8,15H2,1-3H3/t13-,14+/m1/s1. The first-order valence-corrected chi connectivity index (χ1v) is 6.12. The second kappa shape index (κ2) is 6.62. The summed E-state index contributed by atoms with van der Waals surface area (Å²) in [6.07, 6.45) is 1.22. The van der Waals surface area contributed by atoms with Crippen LogP contribution in [0.4, 0.5) is 0 Å². The lowest BCUT2D eigenvalue weighted by atomic mass is 9.96. The van der Waals surface area contributed by atoms with Gasteiger partial charge in [0, 0.05) is 0 Å². The highest BCUT2D eigenvalue weighted by molar-refractivity contribution is 5.30. The molecule has 0 saturated carbocycles. The smallest absolute Gasteiger partial charge is 0.119 e. The number of hydrogen-bond donors (Lipinski definition) is 2. The maximum atomic E-state index is 10.0. The van der Waals surface area contributed by atoms with E-state index in [1.165, 1.54) is 0 Å². The summed E-state index contributed by atoms with van der Waals surface area (Å²) in [5.41, 5.74) is 6.96. The van der Waals surface area contributed by atoms with Crippen LogP contribution in [0.1, 0.15) is 38.3 Å². The number of aliphatic hydroxyl groups is 1. The fraction of sp³-hybridized carbons (Fsp3) is 0.571. The molecule has 0 saturated heterocycles. The highest BCUT2D eigenvalue weighted by Crippen LogP contribution is 2.22. The summed E-state index contributed by atoms with van der Waals surface area (Å²) in [6.45, 7) is 4.29. The molecule has 2 atom stereocenters. The Labute approximate surface area is 104 Å². The van der Waals surface area contributed by atoms with Gasteiger partial charge in [-0.25, -0.2) is 0 Å². The molecule has 0 aliphatic rings. The van der Waals surface area contributed by atoms with Gasteiger partial charge in [-0.2, -0.15) is 0 Å². The molecule has 0 aromatic heterocycles. The van der Waals surface area contributed by atoms with E-state index in [-0.39, 0.29) is 6.04 Å². The minimum atomic E-state index is -0.496. The highest BCUT2D eigenvalue weighted by Gasteiger charge is 2.17. The van der Waals surface area contributed by atoms with E-state index in [1.54, 1.807) is 7.11 Å². The van der Waals surface area contributed by atoms with Crippen LogP contribution in [0.15, 0.2) is 24.3 Å². The van der Waals surface area contributed by atoms with E-state index in [4.69, 9.17) is 10.5 Å². The predicted molar refractivity (Wildman–Crippen MR) is 70.0 cm³/mol. The Kier molecular flexibility index (Phi) is 5.45. The minimum absolute atomic E-state index is 0.344. The van der Waals surface area contributed by atoms with E-state index in [0.29, 0.717) is 5.92 Å². The van der Waals surface area contributed by atoms with Crippen LogP contribution in [-0.4, -0.2) is 18.3 Å². The van der Waals surface area contributed by atoms with Crippen molar-refractivity contribution in [3.8, 4) is 5.75 Å². The number of rotatable bonds is 6. The average molecular weight is 237 g/mol. The summed E-state index contributed by atoms with van der Waals surface area (Å²) in [5.74, 6) is 1.36. The second-order valence-electron chi connectivity index (χ2n) is 4.84. The van der Waals surface area contributed by atoms with Gasteiger partial charge >= 0.3 is 0 Å². The van der Waals surface area contributed by atoms with E-state index in [0.717, 1.165) is 24.2 Å². The molecular weight excluding hydrogens is 214 g/mol. The first-order valence-electron chi connectivity index (χ1n) is 6.12. The maximum absolute atomic E-state index is 10.0. The Morgan fingerprint density at radius 3 is 2.59 bits per heavy atom. The Morgan fingerprint density at radius 2 is 2.00 bits per heavy atom. The van der Waals surface area contributed by atoms with Crippen LogP contribution in [0.2, 0.25) is 0 Å². The molecule has 1 rings (SSSR count). The first kappa shape index (κ1) is 14.0. The number of hydrogen-bond acceptors (Lipinski definition) is 3. The Hall–Kier alpha value is -1.06. The van der Waals surface area contributed by atoms with Gasteiger partial charge in [0.1, 0.15) is 5.75 Å². The summed E-state index contributed by atoms with van der Waals surface area (Å²) >= 11 is 0. The molecule has 0 unspecified atom stereocenters. The first-order chi connectivity index (χ1) is 8.04. The van der Waals surface area contributed by atoms with Crippen molar-refractivity contribution in [3.63, 3.8) is 0 Å². The van der Waals surface area contributed by atoms with Crippen molar-refractivity contribution in [1.82, 2.24) is 0 Å². The second-order valence-corrected chi connectivity index (χ2v) is 4.84. The molecule has 1 aromatic rings. The fourth-order valence-corrected chi connectivity index (χ4v) is 1.75. The number of ether oxygens (including phenoxy) is 1. The van der Waals surface area contributed by atoms with Gasteiger partial charge < -0.3 is 15.6 Å². The molecule has 0 aliphatic carbocycles. The average Bonchev–Trinajstić information content (AvgIpc) is 2.35. The third-order valence-electron chi connectivity index (χ3n) is 2.93. The van der Waals surface area contributed by atoms with Crippen LogP contribution in [0.25, 0.3) is 0 Å². The van der Waals surface area contributed by atoms with E-state index in [9.17, 15) is 5.11 Å². The van der Waals surface area contributed by atoms with Crippen LogP contribution < -0.4 is 10.5 Å². The molecule has 0 aliphatic heterocycles. The largest absolute Gasteiger partial charge is 0.497 e. The van der Waals surface area contributed by atoms with Crippen molar-refractivity contribution in [1.29, 1.82) is 0 Å². The normalized spacial score (nSPS) is 14.7. The summed E-state index contributed by atoms with van der Waals surface area (Å²) in [6, 6.07) is 7.22. The van der Waals surface area contributed by atoms with Gasteiger partial charge in [0.2, 0.25) is 0 Å². The third kappa shape index (κ3) is 4.36. The van der Waals surface area contributed by atoms with Crippen molar-refractivity contribution >= 4 is 0 Å². The van der Waals surface area contributed by atoms with Crippen LogP contribution >= 0.6 is 0 Å². The Balaban J connectivity index is 2.63. The van der Waals surface area contributed by atoms with Gasteiger partial charge in [0.25, 0.3) is 0 Å². The van der Waals surface area contributed by atoms with E-state index in [1.807, 2.05) is 24.3 Å². The third-order valence-corrected chi connectivity index (χ3v) is 2.93. The van der Waals surface area contributed by atoms with Crippen LogP contribution in [-0.2, 0) is 0 Å². The van der Waals surface area contributed by atoms with E-state index < -0.39 is 6.10 Å². The van der Waals surface area contributed by atoms with Crippen molar-refractivity contribution in [2.75, 3.05) is 7.11 Å². The molecule has 3 N–H and O–H groups in total. The zero-order chi connectivity index (χ0) is 12.8. The van der Waals surface area contributed by atoms with Crippen LogP contribution in [0, 0.1) is 5.92 Å². The van der Waals surface area contributed by atoms with Crippen molar-refractivity contribution in [2.24, 2.45) is 11.7 Å². The lowest BCUT2D eigenvalue weighted by Gasteiger charge is -2.20. The molecule has 17 heavy (non-hydrogen) atoms. The Bertz CT molecular complexity index is 339. The lowest BCUT2D eigenvalue weighted by molar-refractivity contribution is 0.128. The molecule has 96 valence electrons. The molecule has 0 fully saturated rings. The summed E-state index contributed by atoms with van der Waals surface area (Å²) in [7, 11) is 1.62. The molecular formula is C14H23NO2. The number of nitrogens with two attached hydrogens (primary N) is 1. The van der Waals surface area contributed by atoms with Gasteiger partial charge in [-0.1, -0.05) is 26.0 Å². The van der Waals surface area contributed by atoms with Crippen molar-refractivity contribution < 1.29 is 9.84 Å². The van der Waals surface area contributed by atoms with Gasteiger partial charge in [-0.15, -0.1) is 0 Å². The monoisotopic (exact) mass is 237 g/mol. The maximum Gasteiger partial charge on any atom is 0.119 e. The molecule has 3 heteroatoms. The zero-order valence-electron chi connectivity index (χ0n) is 10.9. The van der Waals surface area contributed by atoms with Crippen molar-refractivity contribution in [2.45, 2.75) is 38.8 Å². The molecule has 0 heterocycles. The van der Waals surface area contributed by atoms with E-state index in [2.05, 4.69) is 13.8 Å². The topological polar surface area (TPSA) is 55.5 Å². The van der Waals surface area contributed by atoms with Gasteiger partial charge in [0.15, 0.2) is 0 Å². The van der Waals surface area contributed by atoms with E-state index >= 15 is 0 Å². The van der Waals surface area contributed by atoms with Gasteiger partial charge in [-0.3, -0.25) is 0 Å². The SMILES string of the molecule is COc1cccc([C@H](N)[C@H](O)CCC(C)C)c1. The molecule has 0 spiro atoms. The Morgan fingerprint density at radius 1 is 1.29 bits per heavy atom. The molecule has 1 aromatic carbocycles. The number of benzene rings is 1. The molecule has 0 bridgehead atoms. The van der Waals surface area contributed by atoms with Crippen molar-refractivity contribution in [3.05, 3.63) is 29.8 Å².